The highest BCUT2D eigenvalue weighted by atomic mass is 79.9. The van der Waals surface area contributed by atoms with E-state index in [9.17, 15) is 9.59 Å². The van der Waals surface area contributed by atoms with E-state index in [4.69, 9.17) is 4.74 Å². The van der Waals surface area contributed by atoms with Crippen molar-refractivity contribution >= 4 is 50.0 Å². The zero-order valence-electron chi connectivity index (χ0n) is 15.5. The van der Waals surface area contributed by atoms with Crippen LogP contribution in [0.25, 0.3) is 10.8 Å². The average Bonchev–Trinajstić information content (AvgIpc) is 2.74. The van der Waals surface area contributed by atoms with Gasteiger partial charge in [0.25, 0.3) is 5.91 Å². The number of fused-ring (bicyclic) bond motifs is 1. The van der Waals surface area contributed by atoms with Crippen LogP contribution in [0.2, 0.25) is 0 Å². The van der Waals surface area contributed by atoms with Crippen LogP contribution in [-0.2, 0) is 9.59 Å². The summed E-state index contributed by atoms with van der Waals surface area (Å²) < 4.78 is 6.50. The van der Waals surface area contributed by atoms with E-state index in [0.717, 1.165) is 15.2 Å². The number of carbonyl (C=O) groups is 2. The third-order valence-electron chi connectivity index (χ3n) is 4.58. The number of hydrogen-bond acceptors (Lipinski definition) is 5. The van der Waals surface area contributed by atoms with Gasteiger partial charge in [-0.3, -0.25) is 9.59 Å². The Balaban J connectivity index is 1.35. The molecule has 0 atom stereocenters. The van der Waals surface area contributed by atoms with E-state index in [0.29, 0.717) is 30.3 Å². The molecule has 4 rings (SSSR count). The number of benzene rings is 2. The molecule has 2 aromatic carbocycles. The zero-order chi connectivity index (χ0) is 20.2. The monoisotopic (exact) mass is 454 g/mol. The second kappa shape index (κ2) is 8.48. The topological polar surface area (TPSA) is 83.6 Å². The molecular weight excluding hydrogens is 436 g/mol. The summed E-state index contributed by atoms with van der Waals surface area (Å²) in [6.45, 7) is 1.47. The maximum absolute atomic E-state index is 12.2. The molecule has 2 amide bonds. The smallest absolute Gasteiger partial charge is 0.262 e. The van der Waals surface area contributed by atoms with Crippen LogP contribution in [0.15, 0.2) is 59.2 Å². The highest BCUT2D eigenvalue weighted by Crippen LogP contribution is 2.33. The van der Waals surface area contributed by atoms with E-state index in [-0.39, 0.29) is 25.0 Å². The highest BCUT2D eigenvalue weighted by Gasteiger charge is 2.17. The number of pyridine rings is 1. The third kappa shape index (κ3) is 4.48. The fourth-order valence-electron chi connectivity index (χ4n) is 3.15. The molecule has 0 bridgehead atoms. The quantitative estimate of drug-likeness (QED) is 0.618. The molecule has 0 aliphatic carbocycles. The van der Waals surface area contributed by atoms with Gasteiger partial charge in [-0.15, -0.1) is 0 Å². The molecule has 1 aromatic heterocycles. The summed E-state index contributed by atoms with van der Waals surface area (Å²) in [4.78, 5) is 30.0. The molecule has 3 aromatic rings. The van der Waals surface area contributed by atoms with E-state index in [1.807, 2.05) is 41.3 Å². The van der Waals surface area contributed by atoms with E-state index in [1.54, 1.807) is 18.3 Å². The number of nitrogens with zero attached hydrogens (tertiary/aromatic N) is 2. The lowest BCUT2D eigenvalue weighted by Gasteiger charge is -2.27. The predicted octanol–water partition coefficient (Wildman–Crippen LogP) is 2.95. The van der Waals surface area contributed by atoms with Crippen LogP contribution in [0, 0.1) is 0 Å². The lowest BCUT2D eigenvalue weighted by atomic mass is 10.1. The van der Waals surface area contributed by atoms with Crippen LogP contribution in [0.3, 0.4) is 0 Å². The predicted molar refractivity (Wildman–Crippen MR) is 115 cm³/mol. The van der Waals surface area contributed by atoms with Gasteiger partial charge in [0.1, 0.15) is 11.6 Å². The Hall–Kier alpha value is -3.13. The minimum absolute atomic E-state index is 0.0209. The van der Waals surface area contributed by atoms with E-state index < -0.39 is 0 Å². The van der Waals surface area contributed by atoms with Gasteiger partial charge >= 0.3 is 0 Å². The SMILES string of the molecule is O=C1CN(c2ccc(NC(=O)COc3ccc4ccccc4c3Br)cn2)CCN1. The summed E-state index contributed by atoms with van der Waals surface area (Å²) in [5.74, 6) is 1.01. The van der Waals surface area contributed by atoms with Gasteiger partial charge in [-0.05, 0) is 44.9 Å². The minimum Gasteiger partial charge on any atom is -0.483 e. The van der Waals surface area contributed by atoms with E-state index >= 15 is 0 Å². The molecule has 1 aliphatic heterocycles. The van der Waals surface area contributed by atoms with Gasteiger partial charge in [0.15, 0.2) is 6.61 Å². The maximum Gasteiger partial charge on any atom is 0.262 e. The standard InChI is InChI=1S/C21H19BrN4O3/c22-21-16-4-2-1-3-14(16)5-7-17(21)29-13-20(28)25-15-6-8-18(24-11-15)26-10-9-23-19(27)12-26/h1-8,11H,9-10,12-13H2,(H,23,27)(H,25,28). The summed E-state index contributed by atoms with van der Waals surface area (Å²) in [6.07, 6.45) is 1.58. The third-order valence-corrected chi connectivity index (χ3v) is 5.40. The lowest BCUT2D eigenvalue weighted by molar-refractivity contribution is -0.120. The number of amides is 2. The molecule has 0 spiro atoms. The fraction of sp³-hybridized carbons (Fsp3) is 0.190. The van der Waals surface area contributed by atoms with Crippen molar-refractivity contribution in [2.45, 2.75) is 0 Å². The Bertz CT molecular complexity index is 1060. The number of carbonyl (C=O) groups excluding carboxylic acids is 2. The number of nitrogens with one attached hydrogen (secondary N) is 2. The molecular formula is C21H19BrN4O3. The summed E-state index contributed by atoms with van der Waals surface area (Å²) >= 11 is 3.55. The second-order valence-corrected chi connectivity index (χ2v) is 7.41. The van der Waals surface area contributed by atoms with Crippen molar-refractivity contribution in [3.63, 3.8) is 0 Å². The van der Waals surface area contributed by atoms with Gasteiger partial charge in [0.05, 0.1) is 22.9 Å². The zero-order valence-corrected chi connectivity index (χ0v) is 17.1. The number of aromatic nitrogens is 1. The molecule has 0 unspecified atom stereocenters. The summed E-state index contributed by atoms with van der Waals surface area (Å²) in [5, 5.41) is 7.66. The van der Waals surface area contributed by atoms with E-state index in [1.165, 1.54) is 0 Å². The van der Waals surface area contributed by atoms with Crippen LogP contribution in [-0.4, -0.2) is 43.0 Å². The van der Waals surface area contributed by atoms with Crippen molar-refractivity contribution in [2.75, 3.05) is 36.5 Å². The first-order valence-corrected chi connectivity index (χ1v) is 9.97. The Morgan fingerprint density at radius 3 is 2.86 bits per heavy atom. The number of hydrogen-bond donors (Lipinski definition) is 2. The molecule has 1 aliphatic rings. The van der Waals surface area contributed by atoms with Crippen LogP contribution in [0.5, 0.6) is 5.75 Å². The molecule has 1 saturated heterocycles. The molecule has 2 heterocycles. The van der Waals surface area contributed by atoms with Crippen molar-refractivity contribution < 1.29 is 14.3 Å². The first kappa shape index (κ1) is 19.2. The van der Waals surface area contributed by atoms with Gasteiger partial charge in [-0.25, -0.2) is 4.98 Å². The molecule has 0 saturated carbocycles. The molecule has 0 radical (unpaired) electrons. The fourth-order valence-corrected chi connectivity index (χ4v) is 3.75. The Morgan fingerprint density at radius 1 is 1.21 bits per heavy atom. The Labute approximate surface area is 176 Å². The van der Waals surface area contributed by atoms with Crippen LogP contribution < -0.4 is 20.3 Å². The largest absolute Gasteiger partial charge is 0.483 e. The van der Waals surface area contributed by atoms with E-state index in [2.05, 4.69) is 31.5 Å². The van der Waals surface area contributed by atoms with Gasteiger partial charge in [-0.2, -0.15) is 0 Å². The maximum atomic E-state index is 12.2. The minimum atomic E-state index is -0.281. The summed E-state index contributed by atoms with van der Waals surface area (Å²) in [5.41, 5.74) is 0.571. The number of anilines is 2. The first-order valence-electron chi connectivity index (χ1n) is 9.18. The highest BCUT2D eigenvalue weighted by molar-refractivity contribution is 9.10. The first-order chi connectivity index (χ1) is 14.1. The number of halogens is 1. The number of rotatable bonds is 5. The number of ether oxygens (including phenoxy) is 1. The second-order valence-electron chi connectivity index (χ2n) is 6.61. The van der Waals surface area contributed by atoms with Crippen LogP contribution in [0.1, 0.15) is 0 Å². The van der Waals surface area contributed by atoms with Gasteiger partial charge in [-0.1, -0.05) is 30.3 Å². The van der Waals surface area contributed by atoms with Crippen molar-refractivity contribution in [3.05, 3.63) is 59.2 Å². The van der Waals surface area contributed by atoms with Crippen molar-refractivity contribution in [1.29, 1.82) is 0 Å². The Morgan fingerprint density at radius 2 is 2.07 bits per heavy atom. The molecule has 2 N–H and O–H groups in total. The van der Waals surface area contributed by atoms with Gasteiger partial charge in [0, 0.05) is 13.1 Å². The van der Waals surface area contributed by atoms with Crippen LogP contribution >= 0.6 is 15.9 Å². The molecule has 148 valence electrons. The van der Waals surface area contributed by atoms with Crippen molar-refractivity contribution in [1.82, 2.24) is 10.3 Å². The summed E-state index contributed by atoms with van der Waals surface area (Å²) in [6, 6.07) is 15.3. The molecule has 29 heavy (non-hydrogen) atoms. The normalized spacial score (nSPS) is 13.8. The number of piperazine rings is 1. The van der Waals surface area contributed by atoms with Crippen molar-refractivity contribution in [3.8, 4) is 5.75 Å². The summed E-state index contributed by atoms with van der Waals surface area (Å²) in [7, 11) is 0. The average molecular weight is 455 g/mol. The Kier molecular flexibility index (Phi) is 5.62. The van der Waals surface area contributed by atoms with Crippen molar-refractivity contribution in [2.24, 2.45) is 0 Å². The lowest BCUT2D eigenvalue weighted by Crippen LogP contribution is -2.48. The molecule has 7 nitrogen and oxygen atoms in total. The molecule has 8 heteroatoms. The van der Waals surface area contributed by atoms with Crippen LogP contribution in [0.4, 0.5) is 11.5 Å². The van der Waals surface area contributed by atoms with Gasteiger partial charge < -0.3 is 20.3 Å². The van der Waals surface area contributed by atoms with Gasteiger partial charge in [0.2, 0.25) is 5.91 Å². The molecule has 1 fully saturated rings.